The Balaban J connectivity index is 2.72. The minimum absolute atomic E-state index is 0.224. The van der Waals surface area contributed by atoms with Crippen molar-refractivity contribution in [1.82, 2.24) is 5.32 Å². The van der Waals surface area contributed by atoms with E-state index in [0.29, 0.717) is 10.0 Å². The van der Waals surface area contributed by atoms with E-state index >= 15 is 0 Å². The number of hydrogen-bond donors (Lipinski definition) is 2. The van der Waals surface area contributed by atoms with E-state index in [-0.39, 0.29) is 13.0 Å². The Morgan fingerprint density at radius 2 is 2.11 bits per heavy atom. The zero-order valence-electron chi connectivity index (χ0n) is 9.85. The molecule has 0 heterocycles. The fourth-order valence-corrected chi connectivity index (χ4v) is 1.84. The summed E-state index contributed by atoms with van der Waals surface area (Å²) in [5.41, 5.74) is 0.404. The number of nitrogens with one attached hydrogen (secondary N) is 1. The summed E-state index contributed by atoms with van der Waals surface area (Å²) < 4.78 is 5.43. The lowest BCUT2D eigenvalue weighted by molar-refractivity contribution is -0.139. The van der Waals surface area contributed by atoms with Gasteiger partial charge in [0.1, 0.15) is 6.04 Å². The van der Waals surface area contributed by atoms with E-state index < -0.39 is 17.9 Å². The molecule has 1 aromatic rings. The number of aliphatic carboxylic acids is 1. The molecule has 0 saturated heterocycles. The van der Waals surface area contributed by atoms with E-state index in [1.54, 1.807) is 24.3 Å². The lowest BCUT2D eigenvalue weighted by Gasteiger charge is -2.14. The third kappa shape index (κ3) is 4.12. The van der Waals surface area contributed by atoms with Crippen LogP contribution in [0.4, 0.5) is 0 Å². The highest BCUT2D eigenvalue weighted by atomic mass is 79.9. The number of rotatable bonds is 6. The summed E-state index contributed by atoms with van der Waals surface area (Å²) in [6.45, 7) is 0.271. The molecule has 98 valence electrons. The second kappa shape index (κ2) is 7.13. The number of carboxylic acids is 1. The van der Waals surface area contributed by atoms with E-state index in [1.165, 1.54) is 7.11 Å². The monoisotopic (exact) mass is 315 g/mol. The largest absolute Gasteiger partial charge is 0.480 e. The van der Waals surface area contributed by atoms with Crippen LogP contribution in [0, 0.1) is 0 Å². The average molecular weight is 316 g/mol. The molecular weight excluding hydrogens is 302 g/mol. The Hall–Kier alpha value is -1.40. The summed E-state index contributed by atoms with van der Waals surface area (Å²) in [6.07, 6.45) is 0.224. The van der Waals surface area contributed by atoms with Gasteiger partial charge in [0.05, 0.1) is 5.56 Å². The fourth-order valence-electron chi connectivity index (χ4n) is 1.37. The van der Waals surface area contributed by atoms with Crippen LogP contribution < -0.4 is 5.32 Å². The lowest BCUT2D eigenvalue weighted by atomic mass is 10.1. The van der Waals surface area contributed by atoms with Crippen LogP contribution in [0.5, 0.6) is 0 Å². The molecule has 1 aromatic carbocycles. The summed E-state index contributed by atoms with van der Waals surface area (Å²) in [6, 6.07) is 5.88. The first-order valence-electron chi connectivity index (χ1n) is 5.33. The van der Waals surface area contributed by atoms with Crippen LogP contribution in [0.3, 0.4) is 0 Å². The summed E-state index contributed by atoms with van der Waals surface area (Å²) in [5.74, 6) is -1.50. The van der Waals surface area contributed by atoms with Gasteiger partial charge in [-0.2, -0.15) is 0 Å². The highest BCUT2D eigenvalue weighted by molar-refractivity contribution is 9.10. The van der Waals surface area contributed by atoms with Gasteiger partial charge in [-0.3, -0.25) is 4.79 Å². The van der Waals surface area contributed by atoms with Crippen molar-refractivity contribution < 1.29 is 19.4 Å². The molecule has 0 radical (unpaired) electrons. The summed E-state index contributed by atoms with van der Waals surface area (Å²) >= 11 is 3.24. The third-order valence-electron chi connectivity index (χ3n) is 2.33. The maximum atomic E-state index is 11.9. The number of amides is 1. The number of benzene rings is 1. The van der Waals surface area contributed by atoms with Crippen molar-refractivity contribution in [2.24, 2.45) is 0 Å². The molecule has 1 atom stereocenters. The van der Waals surface area contributed by atoms with Gasteiger partial charge in [-0.15, -0.1) is 0 Å². The van der Waals surface area contributed by atoms with Gasteiger partial charge in [0.25, 0.3) is 5.91 Å². The maximum absolute atomic E-state index is 11.9. The predicted octanol–water partition coefficient (Wildman–Crippen LogP) is 1.67. The molecule has 1 amide bonds. The van der Waals surface area contributed by atoms with E-state index in [4.69, 9.17) is 9.84 Å². The Kier molecular flexibility index (Phi) is 5.80. The smallest absolute Gasteiger partial charge is 0.326 e. The van der Waals surface area contributed by atoms with Crippen molar-refractivity contribution in [3.8, 4) is 0 Å². The lowest BCUT2D eigenvalue weighted by Crippen LogP contribution is -2.41. The second-order valence-electron chi connectivity index (χ2n) is 3.63. The number of hydrogen-bond acceptors (Lipinski definition) is 3. The van der Waals surface area contributed by atoms with Crippen LogP contribution in [0.15, 0.2) is 28.7 Å². The van der Waals surface area contributed by atoms with Crippen LogP contribution in [0.2, 0.25) is 0 Å². The third-order valence-corrected chi connectivity index (χ3v) is 3.02. The number of carbonyl (C=O) groups excluding carboxylic acids is 1. The normalized spacial score (nSPS) is 11.9. The minimum Gasteiger partial charge on any atom is -0.480 e. The van der Waals surface area contributed by atoms with Crippen molar-refractivity contribution in [2.75, 3.05) is 13.7 Å². The van der Waals surface area contributed by atoms with Crippen molar-refractivity contribution in [3.05, 3.63) is 34.3 Å². The number of halogens is 1. The number of carbonyl (C=O) groups is 2. The van der Waals surface area contributed by atoms with Gasteiger partial charge in [-0.05, 0) is 28.1 Å². The van der Waals surface area contributed by atoms with E-state index in [1.807, 2.05) is 0 Å². The molecule has 1 rings (SSSR count). The molecule has 0 aliphatic heterocycles. The van der Waals surface area contributed by atoms with E-state index in [0.717, 1.165) is 0 Å². The van der Waals surface area contributed by atoms with Gasteiger partial charge >= 0.3 is 5.97 Å². The van der Waals surface area contributed by atoms with Gasteiger partial charge in [-0.25, -0.2) is 4.79 Å². The predicted molar refractivity (Wildman–Crippen MR) is 69.5 cm³/mol. The summed E-state index contributed by atoms with van der Waals surface area (Å²) in [5, 5.41) is 11.4. The quantitative estimate of drug-likeness (QED) is 0.837. The van der Waals surface area contributed by atoms with Gasteiger partial charge in [0, 0.05) is 24.6 Å². The van der Waals surface area contributed by atoms with Crippen LogP contribution in [-0.4, -0.2) is 36.7 Å². The molecule has 0 aromatic heterocycles. The maximum Gasteiger partial charge on any atom is 0.326 e. The van der Waals surface area contributed by atoms with Gasteiger partial charge < -0.3 is 15.2 Å². The topological polar surface area (TPSA) is 75.6 Å². The van der Waals surface area contributed by atoms with Crippen molar-refractivity contribution in [3.63, 3.8) is 0 Å². The molecular formula is C12H14BrNO4. The number of ether oxygens (including phenoxy) is 1. The second-order valence-corrected chi connectivity index (χ2v) is 4.48. The zero-order valence-corrected chi connectivity index (χ0v) is 11.4. The van der Waals surface area contributed by atoms with E-state index in [2.05, 4.69) is 21.2 Å². The molecule has 0 fully saturated rings. The van der Waals surface area contributed by atoms with Crippen LogP contribution in [0.1, 0.15) is 16.8 Å². The summed E-state index contributed by atoms with van der Waals surface area (Å²) in [7, 11) is 1.48. The SMILES string of the molecule is COCCC(NC(=O)c1ccccc1Br)C(=O)O. The molecule has 0 saturated carbocycles. The molecule has 6 heteroatoms. The Morgan fingerprint density at radius 1 is 1.44 bits per heavy atom. The molecule has 1 unspecified atom stereocenters. The first-order valence-corrected chi connectivity index (χ1v) is 6.12. The molecule has 18 heavy (non-hydrogen) atoms. The average Bonchev–Trinajstić information content (AvgIpc) is 2.34. The van der Waals surface area contributed by atoms with Crippen LogP contribution in [-0.2, 0) is 9.53 Å². The standard InChI is InChI=1S/C12H14BrNO4/c1-18-7-6-10(12(16)17)14-11(15)8-4-2-3-5-9(8)13/h2-5,10H,6-7H2,1H3,(H,14,15)(H,16,17). The Bertz CT molecular complexity index is 436. The van der Waals surface area contributed by atoms with Gasteiger partial charge in [-0.1, -0.05) is 12.1 Å². The fraction of sp³-hybridized carbons (Fsp3) is 0.333. The molecule has 0 bridgehead atoms. The summed E-state index contributed by atoms with van der Waals surface area (Å²) in [4.78, 5) is 22.9. The zero-order chi connectivity index (χ0) is 13.5. The minimum atomic E-state index is -1.08. The molecule has 0 aliphatic rings. The Labute approximate surface area is 113 Å². The molecule has 2 N–H and O–H groups in total. The molecule has 0 spiro atoms. The van der Waals surface area contributed by atoms with Crippen molar-refractivity contribution in [2.45, 2.75) is 12.5 Å². The number of carboxylic acid groups (broad SMARTS) is 1. The van der Waals surface area contributed by atoms with Crippen molar-refractivity contribution in [1.29, 1.82) is 0 Å². The van der Waals surface area contributed by atoms with Crippen LogP contribution >= 0.6 is 15.9 Å². The van der Waals surface area contributed by atoms with Gasteiger partial charge in [0.15, 0.2) is 0 Å². The molecule has 5 nitrogen and oxygen atoms in total. The highest BCUT2D eigenvalue weighted by Crippen LogP contribution is 2.15. The first kappa shape index (κ1) is 14.7. The van der Waals surface area contributed by atoms with E-state index in [9.17, 15) is 9.59 Å². The van der Waals surface area contributed by atoms with Crippen LogP contribution in [0.25, 0.3) is 0 Å². The highest BCUT2D eigenvalue weighted by Gasteiger charge is 2.21. The number of methoxy groups -OCH3 is 1. The van der Waals surface area contributed by atoms with Crippen molar-refractivity contribution >= 4 is 27.8 Å². The molecule has 0 aliphatic carbocycles. The Morgan fingerprint density at radius 3 is 2.67 bits per heavy atom. The first-order chi connectivity index (χ1) is 8.56. The van der Waals surface area contributed by atoms with Gasteiger partial charge in [0.2, 0.25) is 0 Å².